The van der Waals surface area contributed by atoms with E-state index in [2.05, 4.69) is 15.7 Å². The monoisotopic (exact) mass is 222 g/mol. The Bertz CT molecular complexity index is 560. The predicted octanol–water partition coefficient (Wildman–Crippen LogP) is 0.128. The molecule has 2 heterocycles. The molecule has 16 heavy (non-hydrogen) atoms. The van der Waals surface area contributed by atoms with Gasteiger partial charge in [-0.3, -0.25) is 9.78 Å². The molecule has 0 unspecified atom stereocenters. The van der Waals surface area contributed by atoms with Crippen LogP contribution in [0, 0.1) is 0 Å². The van der Waals surface area contributed by atoms with E-state index in [4.69, 9.17) is 15.6 Å². The maximum atomic E-state index is 10.9. The standard InChI is InChI=1S/C8H7N3O.CH3NO2/c9-5-3-4-10-6-1-2-7(12)11-8(5)6;2-1(3)4/h1-4H,(H2,9,10)(H,11,12);2H2,(H,3,4). The zero-order valence-corrected chi connectivity index (χ0v) is 8.18. The first kappa shape index (κ1) is 11.5. The highest BCUT2D eigenvalue weighted by molar-refractivity contribution is 5.85. The summed E-state index contributed by atoms with van der Waals surface area (Å²) in [6, 6.07) is 4.72. The summed E-state index contributed by atoms with van der Waals surface area (Å²) in [6.45, 7) is 0. The van der Waals surface area contributed by atoms with Crippen molar-refractivity contribution in [1.29, 1.82) is 0 Å². The van der Waals surface area contributed by atoms with Gasteiger partial charge in [0, 0.05) is 12.3 Å². The number of nitrogens with zero attached hydrogens (tertiary/aromatic N) is 1. The lowest BCUT2D eigenvalue weighted by molar-refractivity contribution is 0.205. The molecule has 7 heteroatoms. The maximum Gasteiger partial charge on any atom is 0.402 e. The lowest BCUT2D eigenvalue weighted by Crippen LogP contribution is -2.04. The first-order valence-electron chi connectivity index (χ1n) is 4.22. The smallest absolute Gasteiger partial charge is 0.402 e. The minimum Gasteiger partial charge on any atom is -0.465 e. The third kappa shape index (κ3) is 2.98. The first-order chi connectivity index (χ1) is 7.50. The predicted molar refractivity (Wildman–Crippen MR) is 59.0 cm³/mol. The van der Waals surface area contributed by atoms with E-state index >= 15 is 0 Å². The largest absolute Gasteiger partial charge is 0.465 e. The van der Waals surface area contributed by atoms with E-state index in [-0.39, 0.29) is 5.56 Å². The van der Waals surface area contributed by atoms with Crippen LogP contribution in [0.1, 0.15) is 0 Å². The molecule has 0 saturated carbocycles. The molecule has 0 fully saturated rings. The van der Waals surface area contributed by atoms with E-state index in [1.807, 2.05) is 0 Å². The van der Waals surface area contributed by atoms with Gasteiger partial charge in [-0.25, -0.2) is 4.79 Å². The molecule has 0 bridgehead atoms. The van der Waals surface area contributed by atoms with Crippen molar-refractivity contribution in [3.05, 3.63) is 34.7 Å². The van der Waals surface area contributed by atoms with Crippen molar-refractivity contribution in [2.24, 2.45) is 5.73 Å². The van der Waals surface area contributed by atoms with Crippen molar-refractivity contribution in [3.8, 4) is 0 Å². The number of fused-ring (bicyclic) bond motifs is 1. The van der Waals surface area contributed by atoms with Gasteiger partial charge in [0.2, 0.25) is 5.56 Å². The zero-order valence-electron chi connectivity index (χ0n) is 8.18. The van der Waals surface area contributed by atoms with E-state index in [1.54, 1.807) is 18.3 Å². The molecule has 0 aliphatic rings. The summed E-state index contributed by atoms with van der Waals surface area (Å²) in [7, 11) is 0. The van der Waals surface area contributed by atoms with Gasteiger partial charge in [0.05, 0.1) is 16.7 Å². The Morgan fingerprint density at radius 3 is 2.62 bits per heavy atom. The first-order valence-corrected chi connectivity index (χ1v) is 4.22. The van der Waals surface area contributed by atoms with Crippen LogP contribution in [-0.2, 0) is 0 Å². The topological polar surface area (TPSA) is 135 Å². The number of primary amides is 1. The number of hydrogen-bond acceptors (Lipinski definition) is 4. The SMILES string of the molecule is NC(=O)O.Nc1ccnc2ccc(=O)[nH]c12. The van der Waals surface area contributed by atoms with Gasteiger partial charge in [0.25, 0.3) is 0 Å². The number of aromatic amines is 1. The molecular formula is C9H10N4O3. The van der Waals surface area contributed by atoms with Gasteiger partial charge in [-0.1, -0.05) is 0 Å². The molecule has 84 valence electrons. The highest BCUT2D eigenvalue weighted by Gasteiger charge is 1.97. The Kier molecular flexibility index (Phi) is 3.44. The highest BCUT2D eigenvalue weighted by atomic mass is 16.4. The van der Waals surface area contributed by atoms with Gasteiger partial charge in [-0.15, -0.1) is 0 Å². The third-order valence-electron chi connectivity index (χ3n) is 1.65. The summed E-state index contributed by atoms with van der Waals surface area (Å²) in [5, 5.41) is 7.19. The Morgan fingerprint density at radius 1 is 1.38 bits per heavy atom. The highest BCUT2D eigenvalue weighted by Crippen LogP contribution is 2.12. The van der Waals surface area contributed by atoms with Crippen LogP contribution in [0.5, 0.6) is 0 Å². The molecule has 0 saturated heterocycles. The lowest BCUT2D eigenvalue weighted by Gasteiger charge is -1.98. The van der Waals surface area contributed by atoms with Gasteiger partial charge < -0.3 is 21.6 Å². The molecule has 0 aromatic carbocycles. The summed E-state index contributed by atoms with van der Waals surface area (Å²) in [6.07, 6.45) is 0.274. The second kappa shape index (κ2) is 4.78. The molecule has 6 N–H and O–H groups in total. The van der Waals surface area contributed by atoms with Gasteiger partial charge >= 0.3 is 6.09 Å². The molecule has 0 atom stereocenters. The van der Waals surface area contributed by atoms with E-state index in [0.29, 0.717) is 16.7 Å². The molecule has 0 radical (unpaired) electrons. The van der Waals surface area contributed by atoms with Crippen LogP contribution >= 0.6 is 0 Å². The number of carboxylic acid groups (broad SMARTS) is 1. The summed E-state index contributed by atoms with van der Waals surface area (Å²) in [5.41, 5.74) is 11.3. The van der Waals surface area contributed by atoms with Gasteiger partial charge in [0.1, 0.15) is 0 Å². The van der Waals surface area contributed by atoms with Crippen molar-refractivity contribution in [2.45, 2.75) is 0 Å². The van der Waals surface area contributed by atoms with Crippen molar-refractivity contribution >= 4 is 22.8 Å². The number of nitrogen functional groups attached to an aromatic ring is 1. The molecule has 2 aromatic heterocycles. The van der Waals surface area contributed by atoms with E-state index in [1.165, 1.54) is 6.07 Å². The van der Waals surface area contributed by atoms with Crippen molar-refractivity contribution in [3.63, 3.8) is 0 Å². The van der Waals surface area contributed by atoms with Crippen molar-refractivity contribution in [1.82, 2.24) is 9.97 Å². The molecule has 0 aliphatic carbocycles. The number of amides is 1. The van der Waals surface area contributed by atoms with Gasteiger partial charge in [-0.05, 0) is 12.1 Å². The van der Waals surface area contributed by atoms with Crippen LogP contribution in [0.3, 0.4) is 0 Å². The second-order valence-electron chi connectivity index (χ2n) is 2.82. The Morgan fingerprint density at radius 2 is 2.00 bits per heavy atom. The number of carbonyl (C=O) groups is 1. The van der Waals surface area contributed by atoms with E-state index in [0.717, 1.165) is 0 Å². The fourth-order valence-corrected chi connectivity index (χ4v) is 1.08. The Balaban J connectivity index is 0.000000280. The van der Waals surface area contributed by atoms with Crippen LogP contribution < -0.4 is 17.0 Å². The van der Waals surface area contributed by atoms with Crippen molar-refractivity contribution < 1.29 is 9.90 Å². The minimum atomic E-state index is -1.33. The molecule has 7 nitrogen and oxygen atoms in total. The van der Waals surface area contributed by atoms with Crippen molar-refractivity contribution in [2.75, 3.05) is 5.73 Å². The van der Waals surface area contributed by atoms with Crippen LogP contribution in [0.2, 0.25) is 0 Å². The number of hydrogen-bond donors (Lipinski definition) is 4. The normalized spacial score (nSPS) is 9.25. The number of rotatable bonds is 0. The Labute approximate surface area is 89.7 Å². The van der Waals surface area contributed by atoms with E-state index < -0.39 is 6.09 Å². The lowest BCUT2D eigenvalue weighted by atomic mass is 10.3. The molecule has 2 aromatic rings. The number of nitrogens with two attached hydrogens (primary N) is 2. The molecule has 0 spiro atoms. The number of anilines is 1. The van der Waals surface area contributed by atoms with Crippen LogP contribution in [-0.4, -0.2) is 21.2 Å². The Hall–Kier alpha value is -2.57. The van der Waals surface area contributed by atoms with Gasteiger partial charge in [-0.2, -0.15) is 0 Å². The van der Waals surface area contributed by atoms with Crippen LogP contribution in [0.15, 0.2) is 29.2 Å². The molecule has 2 rings (SSSR count). The number of nitrogens with one attached hydrogen (secondary N) is 1. The summed E-state index contributed by atoms with van der Waals surface area (Å²) >= 11 is 0. The number of pyridine rings is 2. The van der Waals surface area contributed by atoms with Gasteiger partial charge in [0.15, 0.2) is 0 Å². The molecule has 1 amide bonds. The average molecular weight is 222 g/mol. The third-order valence-corrected chi connectivity index (χ3v) is 1.65. The zero-order chi connectivity index (χ0) is 12.1. The van der Waals surface area contributed by atoms with Crippen LogP contribution in [0.4, 0.5) is 10.5 Å². The maximum absolute atomic E-state index is 10.9. The van der Waals surface area contributed by atoms with Crippen LogP contribution in [0.25, 0.3) is 11.0 Å². The summed E-state index contributed by atoms with van der Waals surface area (Å²) in [5.74, 6) is 0. The minimum absolute atomic E-state index is 0.165. The quantitative estimate of drug-likeness (QED) is 0.502. The fourth-order valence-electron chi connectivity index (χ4n) is 1.08. The molecular weight excluding hydrogens is 212 g/mol. The molecule has 0 aliphatic heterocycles. The summed E-state index contributed by atoms with van der Waals surface area (Å²) < 4.78 is 0. The van der Waals surface area contributed by atoms with E-state index in [9.17, 15) is 4.79 Å². The average Bonchev–Trinajstić information content (AvgIpc) is 2.18. The summed E-state index contributed by atoms with van der Waals surface area (Å²) in [4.78, 5) is 26.3. The number of H-pyrrole nitrogens is 1. The fraction of sp³-hybridized carbons (Fsp3) is 0. The second-order valence-corrected chi connectivity index (χ2v) is 2.82. The number of aromatic nitrogens is 2.